The molecule has 4 nitrogen and oxygen atoms in total. The Morgan fingerprint density at radius 2 is 2.04 bits per heavy atom. The average molecular weight is 383 g/mol. The number of imidazole rings is 1. The van der Waals surface area contributed by atoms with Crippen LogP contribution < -0.4 is 5.32 Å². The molecular formula is C21H22FN3OS. The van der Waals surface area contributed by atoms with E-state index in [9.17, 15) is 9.18 Å². The highest BCUT2D eigenvalue weighted by Crippen LogP contribution is 2.22. The first-order valence-electron chi connectivity index (χ1n) is 8.78. The molecule has 0 aliphatic carbocycles. The summed E-state index contributed by atoms with van der Waals surface area (Å²) in [6, 6.07) is 12.7. The Labute approximate surface area is 162 Å². The van der Waals surface area contributed by atoms with Crippen LogP contribution in [-0.2, 0) is 11.2 Å². The summed E-state index contributed by atoms with van der Waals surface area (Å²) in [5, 5.41) is 3.65. The molecule has 3 rings (SSSR count). The smallest absolute Gasteiger partial charge is 0.230 e. The fourth-order valence-corrected chi connectivity index (χ4v) is 3.49. The maximum absolute atomic E-state index is 13.2. The molecule has 0 radical (unpaired) electrons. The molecule has 2 aromatic carbocycles. The first-order chi connectivity index (χ1) is 13.0. The number of nitrogens with zero attached hydrogens (tertiary/aromatic N) is 2. The quantitative estimate of drug-likeness (QED) is 0.626. The summed E-state index contributed by atoms with van der Waals surface area (Å²) in [7, 11) is 0. The van der Waals surface area contributed by atoms with Gasteiger partial charge in [-0.1, -0.05) is 30.0 Å². The fraction of sp³-hybridized carbons (Fsp3) is 0.238. The number of aromatic nitrogens is 2. The van der Waals surface area contributed by atoms with Crippen LogP contribution in [-0.4, -0.2) is 27.8 Å². The molecule has 27 heavy (non-hydrogen) atoms. The molecule has 0 unspecified atom stereocenters. The Morgan fingerprint density at radius 1 is 1.19 bits per heavy atom. The van der Waals surface area contributed by atoms with Crippen LogP contribution in [0.3, 0.4) is 0 Å². The van der Waals surface area contributed by atoms with Crippen molar-refractivity contribution in [3.8, 4) is 5.69 Å². The topological polar surface area (TPSA) is 46.9 Å². The summed E-state index contributed by atoms with van der Waals surface area (Å²) < 4.78 is 15.1. The number of carbonyl (C=O) groups is 1. The van der Waals surface area contributed by atoms with Crippen molar-refractivity contribution in [3.05, 3.63) is 77.4 Å². The highest BCUT2D eigenvalue weighted by molar-refractivity contribution is 7.99. The number of rotatable bonds is 7. The average Bonchev–Trinajstić information content (AvgIpc) is 3.11. The summed E-state index contributed by atoms with van der Waals surface area (Å²) in [5.74, 6) is -0.0380. The first-order valence-corrected chi connectivity index (χ1v) is 9.76. The van der Waals surface area contributed by atoms with Crippen LogP contribution in [0.5, 0.6) is 0 Å². The van der Waals surface area contributed by atoms with E-state index in [2.05, 4.69) is 36.3 Å². The Hall–Kier alpha value is -2.60. The zero-order valence-electron chi connectivity index (χ0n) is 15.4. The number of thioether (sulfide) groups is 1. The fourth-order valence-electron chi connectivity index (χ4n) is 2.69. The van der Waals surface area contributed by atoms with Crippen LogP contribution in [0.1, 0.15) is 16.7 Å². The Morgan fingerprint density at radius 3 is 2.81 bits per heavy atom. The number of amides is 1. The van der Waals surface area contributed by atoms with Crippen LogP contribution in [0.15, 0.2) is 60.0 Å². The normalized spacial score (nSPS) is 10.8. The predicted octanol–water partition coefficient (Wildman–Crippen LogP) is 4.08. The van der Waals surface area contributed by atoms with E-state index in [1.165, 1.54) is 35.0 Å². The number of aryl methyl sites for hydroxylation is 2. The van der Waals surface area contributed by atoms with E-state index in [1.807, 2.05) is 22.9 Å². The van der Waals surface area contributed by atoms with Crippen LogP contribution in [0.25, 0.3) is 5.69 Å². The van der Waals surface area contributed by atoms with Gasteiger partial charge in [-0.25, -0.2) is 9.37 Å². The van der Waals surface area contributed by atoms with E-state index in [1.54, 1.807) is 12.3 Å². The van der Waals surface area contributed by atoms with Crippen molar-refractivity contribution in [1.29, 1.82) is 0 Å². The van der Waals surface area contributed by atoms with Crippen molar-refractivity contribution in [2.24, 2.45) is 0 Å². The van der Waals surface area contributed by atoms with Gasteiger partial charge >= 0.3 is 0 Å². The Kier molecular flexibility index (Phi) is 6.29. The van der Waals surface area contributed by atoms with E-state index in [0.717, 1.165) is 16.4 Å². The first kappa shape index (κ1) is 19.2. The summed E-state index contributed by atoms with van der Waals surface area (Å²) in [5.41, 5.74) is 4.36. The second kappa shape index (κ2) is 8.86. The molecule has 0 bridgehead atoms. The van der Waals surface area contributed by atoms with E-state index in [4.69, 9.17) is 0 Å². The standard InChI is InChI=1S/C21H22FN3OS/c1-15-6-7-19(12-16(15)2)25-11-10-24-21(25)27-14-20(26)23-9-8-17-4-3-5-18(22)13-17/h3-7,10-13H,8-9,14H2,1-2H3,(H,23,26). The van der Waals surface area contributed by atoms with Crippen LogP contribution in [0.4, 0.5) is 4.39 Å². The second-order valence-electron chi connectivity index (χ2n) is 6.37. The van der Waals surface area contributed by atoms with Gasteiger partial charge in [0.05, 0.1) is 5.75 Å². The van der Waals surface area contributed by atoms with E-state index < -0.39 is 0 Å². The van der Waals surface area contributed by atoms with Gasteiger partial charge in [-0.2, -0.15) is 0 Å². The number of halogens is 1. The van der Waals surface area contributed by atoms with Gasteiger partial charge in [-0.15, -0.1) is 0 Å². The third kappa shape index (κ3) is 5.20. The summed E-state index contributed by atoms with van der Waals surface area (Å²) in [6.45, 7) is 4.64. The van der Waals surface area contributed by atoms with Crippen molar-refractivity contribution in [3.63, 3.8) is 0 Å². The lowest BCUT2D eigenvalue weighted by atomic mass is 10.1. The summed E-state index contributed by atoms with van der Waals surface area (Å²) in [6.07, 6.45) is 4.24. The van der Waals surface area contributed by atoms with Crippen LogP contribution in [0.2, 0.25) is 0 Å². The van der Waals surface area contributed by atoms with Gasteiger partial charge in [-0.05, 0) is 61.2 Å². The highest BCUT2D eigenvalue weighted by Gasteiger charge is 2.09. The molecule has 1 aromatic heterocycles. The lowest BCUT2D eigenvalue weighted by Crippen LogP contribution is -2.27. The molecule has 0 spiro atoms. The Balaban J connectivity index is 1.52. The minimum absolute atomic E-state index is 0.0639. The minimum atomic E-state index is -0.257. The SMILES string of the molecule is Cc1ccc(-n2ccnc2SCC(=O)NCCc2cccc(F)c2)cc1C. The van der Waals surface area contributed by atoms with Gasteiger partial charge in [0.25, 0.3) is 0 Å². The molecule has 6 heteroatoms. The molecule has 0 saturated heterocycles. The largest absolute Gasteiger partial charge is 0.355 e. The number of nitrogens with one attached hydrogen (secondary N) is 1. The number of hydrogen-bond acceptors (Lipinski definition) is 3. The van der Waals surface area contributed by atoms with Crippen molar-refractivity contribution in [2.45, 2.75) is 25.4 Å². The van der Waals surface area contributed by atoms with E-state index in [0.29, 0.717) is 13.0 Å². The summed E-state index contributed by atoms with van der Waals surface area (Å²) in [4.78, 5) is 16.5. The molecule has 1 heterocycles. The molecule has 0 atom stereocenters. The molecule has 0 fully saturated rings. The molecule has 3 aromatic rings. The third-order valence-corrected chi connectivity index (χ3v) is 5.30. The zero-order chi connectivity index (χ0) is 19.2. The molecular weight excluding hydrogens is 361 g/mol. The van der Waals surface area contributed by atoms with Gasteiger partial charge in [0.2, 0.25) is 5.91 Å². The van der Waals surface area contributed by atoms with Gasteiger partial charge < -0.3 is 5.32 Å². The highest BCUT2D eigenvalue weighted by atomic mass is 32.2. The second-order valence-corrected chi connectivity index (χ2v) is 7.31. The van der Waals surface area contributed by atoms with Crippen molar-refractivity contribution in [2.75, 3.05) is 12.3 Å². The lowest BCUT2D eigenvalue weighted by molar-refractivity contribution is -0.118. The predicted molar refractivity (Wildman–Crippen MR) is 107 cm³/mol. The zero-order valence-corrected chi connectivity index (χ0v) is 16.2. The van der Waals surface area contributed by atoms with Crippen LogP contribution >= 0.6 is 11.8 Å². The lowest BCUT2D eigenvalue weighted by Gasteiger charge is -2.10. The van der Waals surface area contributed by atoms with Crippen molar-refractivity contribution < 1.29 is 9.18 Å². The van der Waals surface area contributed by atoms with Crippen LogP contribution in [0, 0.1) is 19.7 Å². The van der Waals surface area contributed by atoms with Gasteiger partial charge in [0.15, 0.2) is 5.16 Å². The Bertz CT molecular complexity index is 939. The monoisotopic (exact) mass is 383 g/mol. The molecule has 0 aliphatic heterocycles. The van der Waals surface area contributed by atoms with Gasteiger partial charge in [-0.3, -0.25) is 9.36 Å². The molecule has 0 saturated carbocycles. The summed E-state index contributed by atoms with van der Waals surface area (Å²) >= 11 is 1.40. The van der Waals surface area contributed by atoms with Crippen molar-refractivity contribution >= 4 is 17.7 Å². The maximum Gasteiger partial charge on any atom is 0.230 e. The molecule has 1 amide bonds. The maximum atomic E-state index is 13.2. The van der Waals surface area contributed by atoms with Gasteiger partial charge in [0.1, 0.15) is 5.82 Å². The molecule has 0 aliphatic rings. The number of hydrogen-bond donors (Lipinski definition) is 1. The van der Waals surface area contributed by atoms with E-state index >= 15 is 0 Å². The minimum Gasteiger partial charge on any atom is -0.355 e. The number of benzene rings is 2. The molecule has 1 N–H and O–H groups in total. The van der Waals surface area contributed by atoms with Gasteiger partial charge in [0, 0.05) is 24.6 Å². The number of carbonyl (C=O) groups excluding carboxylic acids is 1. The van der Waals surface area contributed by atoms with E-state index in [-0.39, 0.29) is 17.5 Å². The molecule has 140 valence electrons. The van der Waals surface area contributed by atoms with Crippen molar-refractivity contribution in [1.82, 2.24) is 14.9 Å². The third-order valence-electron chi connectivity index (χ3n) is 4.33.